The maximum atomic E-state index is 12.9. The third-order valence-corrected chi connectivity index (χ3v) is 5.34. The highest BCUT2D eigenvalue weighted by Crippen LogP contribution is 2.14. The fourth-order valence-electron chi connectivity index (χ4n) is 3.50. The lowest BCUT2D eigenvalue weighted by atomic mass is 10.1. The molecule has 1 saturated heterocycles. The maximum Gasteiger partial charge on any atom is 0.308 e. The number of hydrogen-bond acceptors (Lipinski definition) is 7. The first kappa shape index (κ1) is 24.8. The van der Waals surface area contributed by atoms with Crippen molar-refractivity contribution in [3.8, 4) is 0 Å². The third kappa shape index (κ3) is 7.09. The molecule has 0 radical (unpaired) electrons. The summed E-state index contributed by atoms with van der Waals surface area (Å²) >= 11 is 0. The number of rotatable bonds is 11. The Morgan fingerprint density at radius 2 is 2.09 bits per heavy atom. The van der Waals surface area contributed by atoms with Gasteiger partial charge in [0.25, 0.3) is 5.91 Å². The monoisotopic (exact) mass is 470 g/mol. The Balaban J connectivity index is 1.54. The average molecular weight is 471 g/mol. The minimum absolute atomic E-state index is 0.0911. The van der Waals surface area contributed by atoms with Gasteiger partial charge in [0.15, 0.2) is 0 Å². The van der Waals surface area contributed by atoms with Crippen molar-refractivity contribution < 1.29 is 28.3 Å². The molecule has 0 aliphatic carbocycles. The molecule has 1 aliphatic rings. The van der Waals surface area contributed by atoms with E-state index in [1.807, 2.05) is 6.92 Å². The summed E-state index contributed by atoms with van der Waals surface area (Å²) in [7, 11) is 0. The van der Waals surface area contributed by atoms with Crippen molar-refractivity contribution in [1.29, 1.82) is 0 Å². The summed E-state index contributed by atoms with van der Waals surface area (Å²) in [5.74, 6) is -0.839. The van der Waals surface area contributed by atoms with Crippen LogP contribution < -0.4 is 16.0 Å². The number of hydrogen-bond donors (Lipinski definition) is 3. The topological polar surface area (TPSA) is 130 Å². The van der Waals surface area contributed by atoms with Gasteiger partial charge in [-0.1, -0.05) is 19.4 Å². The molecule has 1 aromatic carbocycles. The van der Waals surface area contributed by atoms with Crippen LogP contribution in [0.1, 0.15) is 42.3 Å². The molecule has 1 unspecified atom stereocenters. The van der Waals surface area contributed by atoms with Gasteiger partial charge >= 0.3 is 5.97 Å². The van der Waals surface area contributed by atoms with Crippen LogP contribution in [0.25, 0.3) is 0 Å². The van der Waals surface area contributed by atoms with Crippen molar-refractivity contribution in [2.75, 3.05) is 31.6 Å². The zero-order valence-corrected chi connectivity index (χ0v) is 19.2. The molecular weight excluding hydrogens is 440 g/mol. The van der Waals surface area contributed by atoms with Crippen molar-refractivity contribution in [2.45, 2.75) is 38.8 Å². The van der Waals surface area contributed by atoms with Crippen molar-refractivity contribution in [1.82, 2.24) is 15.5 Å². The zero-order valence-electron chi connectivity index (χ0n) is 19.2. The van der Waals surface area contributed by atoms with E-state index in [1.54, 1.807) is 36.4 Å². The highest BCUT2D eigenvalue weighted by atomic mass is 16.5. The van der Waals surface area contributed by atoms with E-state index in [2.05, 4.69) is 16.0 Å². The summed E-state index contributed by atoms with van der Waals surface area (Å²) in [5.41, 5.74) is 1.00. The van der Waals surface area contributed by atoms with Gasteiger partial charge in [-0.3, -0.25) is 19.2 Å². The summed E-state index contributed by atoms with van der Waals surface area (Å²) in [6.45, 7) is 3.07. The number of anilines is 1. The molecule has 3 N–H and O–H groups in total. The Kier molecular flexibility index (Phi) is 9.07. The molecule has 1 fully saturated rings. The zero-order chi connectivity index (χ0) is 24.3. The highest BCUT2D eigenvalue weighted by molar-refractivity contribution is 5.95. The molecule has 3 amide bonds. The largest absolute Gasteiger partial charge is 0.467 e. The smallest absolute Gasteiger partial charge is 0.308 e. The Morgan fingerprint density at radius 3 is 2.85 bits per heavy atom. The molecule has 1 atom stereocenters. The van der Waals surface area contributed by atoms with Crippen LogP contribution in [-0.2, 0) is 25.7 Å². The highest BCUT2D eigenvalue weighted by Gasteiger charge is 2.34. The van der Waals surface area contributed by atoms with Crippen LogP contribution >= 0.6 is 0 Å². The molecule has 1 aromatic heterocycles. The van der Waals surface area contributed by atoms with Crippen LogP contribution in [0.5, 0.6) is 0 Å². The van der Waals surface area contributed by atoms with Gasteiger partial charge in [-0.15, -0.1) is 0 Å². The van der Waals surface area contributed by atoms with E-state index in [0.717, 1.165) is 12.8 Å². The number of nitrogens with zero attached hydrogens (tertiary/aromatic N) is 1. The van der Waals surface area contributed by atoms with Gasteiger partial charge in [0.05, 0.1) is 32.4 Å². The Bertz CT molecular complexity index is 991. The number of nitrogens with one attached hydrogen (secondary N) is 3. The van der Waals surface area contributed by atoms with Crippen LogP contribution in [0.2, 0.25) is 0 Å². The number of benzene rings is 1. The Morgan fingerprint density at radius 1 is 1.24 bits per heavy atom. The summed E-state index contributed by atoms with van der Waals surface area (Å²) in [6.07, 6.45) is 2.98. The molecule has 3 rings (SSSR count). The van der Waals surface area contributed by atoms with Crippen LogP contribution in [0.4, 0.5) is 5.69 Å². The van der Waals surface area contributed by atoms with E-state index in [0.29, 0.717) is 36.7 Å². The van der Waals surface area contributed by atoms with Gasteiger partial charge in [-0.25, -0.2) is 0 Å². The normalized spacial score (nSPS) is 15.4. The molecule has 2 aromatic rings. The van der Waals surface area contributed by atoms with Crippen molar-refractivity contribution in [2.24, 2.45) is 0 Å². The standard InChI is InChI=1S/C24H30N4O6/c1-2-3-11-34-22(30)14-20-24(32)25-9-10-28(20)21(29)16-26-18-7-4-6-17(13-18)23(31)27-15-19-8-5-12-33-19/h4-8,12-13,20,26H,2-3,9-11,14-16H2,1H3,(H,25,32)(H,27,31). The number of esters is 1. The van der Waals surface area contributed by atoms with Gasteiger partial charge in [0.2, 0.25) is 11.8 Å². The molecule has 34 heavy (non-hydrogen) atoms. The van der Waals surface area contributed by atoms with Crippen molar-refractivity contribution >= 4 is 29.4 Å². The quantitative estimate of drug-likeness (QED) is 0.336. The summed E-state index contributed by atoms with van der Waals surface area (Å²) in [6, 6.07) is 9.35. The number of unbranched alkanes of at least 4 members (excludes halogenated alkanes) is 1. The summed E-state index contributed by atoms with van der Waals surface area (Å²) in [5, 5.41) is 8.46. The van der Waals surface area contributed by atoms with Gasteiger partial charge in [-0.2, -0.15) is 0 Å². The van der Waals surface area contributed by atoms with E-state index in [-0.39, 0.29) is 37.2 Å². The van der Waals surface area contributed by atoms with E-state index in [9.17, 15) is 19.2 Å². The molecular formula is C24H30N4O6. The van der Waals surface area contributed by atoms with Crippen LogP contribution in [0, 0.1) is 0 Å². The minimum atomic E-state index is -0.907. The number of piperazine rings is 1. The first-order valence-electron chi connectivity index (χ1n) is 11.3. The summed E-state index contributed by atoms with van der Waals surface area (Å²) in [4.78, 5) is 51.1. The molecule has 10 nitrogen and oxygen atoms in total. The number of carbonyl (C=O) groups excluding carboxylic acids is 4. The number of furan rings is 1. The van der Waals surface area contributed by atoms with Gasteiger partial charge in [0.1, 0.15) is 11.8 Å². The number of carbonyl (C=O) groups is 4. The van der Waals surface area contributed by atoms with E-state index in [4.69, 9.17) is 9.15 Å². The van der Waals surface area contributed by atoms with Crippen LogP contribution in [0.15, 0.2) is 47.1 Å². The lowest BCUT2D eigenvalue weighted by Crippen LogP contribution is -2.58. The molecule has 0 saturated carbocycles. The predicted octanol–water partition coefficient (Wildman–Crippen LogP) is 1.68. The van der Waals surface area contributed by atoms with E-state index >= 15 is 0 Å². The number of ether oxygens (including phenoxy) is 1. The first-order valence-corrected chi connectivity index (χ1v) is 11.3. The molecule has 1 aliphatic heterocycles. The first-order chi connectivity index (χ1) is 16.5. The van der Waals surface area contributed by atoms with Crippen LogP contribution in [-0.4, -0.2) is 60.9 Å². The lowest BCUT2D eigenvalue weighted by molar-refractivity contribution is -0.151. The molecule has 10 heteroatoms. The minimum Gasteiger partial charge on any atom is -0.467 e. The third-order valence-electron chi connectivity index (χ3n) is 5.34. The second-order valence-electron chi connectivity index (χ2n) is 7.87. The molecule has 2 heterocycles. The lowest BCUT2D eigenvalue weighted by Gasteiger charge is -2.34. The van der Waals surface area contributed by atoms with Crippen molar-refractivity contribution in [3.05, 3.63) is 54.0 Å². The average Bonchev–Trinajstić information content (AvgIpc) is 3.36. The summed E-state index contributed by atoms with van der Waals surface area (Å²) < 4.78 is 10.4. The molecule has 182 valence electrons. The van der Waals surface area contributed by atoms with E-state index < -0.39 is 12.0 Å². The van der Waals surface area contributed by atoms with Gasteiger partial charge < -0.3 is 30.0 Å². The Labute approximate surface area is 198 Å². The van der Waals surface area contributed by atoms with E-state index in [1.165, 1.54) is 11.2 Å². The predicted molar refractivity (Wildman–Crippen MR) is 124 cm³/mol. The second kappa shape index (κ2) is 12.4. The Hall–Kier alpha value is -3.82. The maximum absolute atomic E-state index is 12.9. The fourth-order valence-corrected chi connectivity index (χ4v) is 3.50. The van der Waals surface area contributed by atoms with Gasteiger partial charge in [-0.05, 0) is 36.8 Å². The fraction of sp³-hybridized carbons (Fsp3) is 0.417. The van der Waals surface area contributed by atoms with Crippen molar-refractivity contribution in [3.63, 3.8) is 0 Å². The van der Waals surface area contributed by atoms with Gasteiger partial charge in [0, 0.05) is 24.3 Å². The number of amides is 3. The SMILES string of the molecule is CCCCOC(=O)CC1C(=O)NCCN1C(=O)CNc1cccc(C(=O)NCc2ccco2)c1. The van der Waals surface area contributed by atoms with Crippen LogP contribution in [0.3, 0.4) is 0 Å². The second-order valence-corrected chi connectivity index (χ2v) is 7.87. The molecule has 0 bridgehead atoms. The molecule has 0 spiro atoms.